The molecule has 1 aliphatic heterocycles. The Balaban J connectivity index is 2.10. The normalized spacial score (nSPS) is 36.9. The molecule has 1 aliphatic carbocycles. The van der Waals surface area contributed by atoms with Crippen molar-refractivity contribution in [2.75, 3.05) is 6.61 Å². The summed E-state index contributed by atoms with van der Waals surface area (Å²) in [7, 11) is 0. The van der Waals surface area contributed by atoms with E-state index in [4.69, 9.17) is 10.3 Å². The number of hydrogen-bond acceptors (Lipinski definition) is 3. The summed E-state index contributed by atoms with van der Waals surface area (Å²) in [6.07, 6.45) is 7.11. The van der Waals surface area contributed by atoms with Crippen LogP contribution in [0.4, 0.5) is 0 Å². The maximum absolute atomic E-state index is 7.29. The van der Waals surface area contributed by atoms with Gasteiger partial charge in [-0.15, -0.1) is 0 Å². The monoisotopic (exact) mass is 196 g/mol. The van der Waals surface area contributed by atoms with E-state index in [-0.39, 0.29) is 11.6 Å². The maximum atomic E-state index is 7.29. The van der Waals surface area contributed by atoms with E-state index in [1.165, 1.54) is 19.3 Å². The first-order valence-electron chi connectivity index (χ1n) is 5.77. The summed E-state index contributed by atoms with van der Waals surface area (Å²) in [5.74, 6) is 0.571. The Bertz CT molecular complexity index is 211. The minimum atomic E-state index is -0.0491. The van der Waals surface area contributed by atoms with Crippen molar-refractivity contribution in [2.45, 2.75) is 57.1 Å². The lowest BCUT2D eigenvalue weighted by atomic mass is 9.75. The van der Waals surface area contributed by atoms with Crippen molar-refractivity contribution < 1.29 is 4.74 Å². The molecule has 3 nitrogen and oxygen atoms in total. The number of rotatable bonds is 1. The molecule has 1 saturated carbocycles. The molecule has 3 heteroatoms. The van der Waals surface area contributed by atoms with Gasteiger partial charge in [0.25, 0.3) is 0 Å². The van der Waals surface area contributed by atoms with Crippen molar-refractivity contribution in [2.24, 2.45) is 11.0 Å². The van der Waals surface area contributed by atoms with Gasteiger partial charge in [0.15, 0.2) is 0 Å². The smallest absolute Gasteiger partial charge is 0.0998 e. The van der Waals surface area contributed by atoms with Gasteiger partial charge in [0.1, 0.15) is 0 Å². The lowest BCUT2D eigenvalue weighted by Gasteiger charge is -2.45. The maximum Gasteiger partial charge on any atom is 0.0998 e. The van der Waals surface area contributed by atoms with Crippen molar-refractivity contribution in [3.8, 4) is 0 Å². The molecule has 0 aromatic rings. The van der Waals surface area contributed by atoms with Crippen molar-refractivity contribution in [1.29, 1.82) is 5.53 Å². The van der Waals surface area contributed by atoms with Gasteiger partial charge in [-0.05, 0) is 25.2 Å². The zero-order valence-corrected chi connectivity index (χ0v) is 8.96. The van der Waals surface area contributed by atoms with Crippen molar-refractivity contribution >= 4 is 0 Å². The zero-order valence-electron chi connectivity index (χ0n) is 8.96. The SMILES string of the molecule is CC1COC2(CCCCC2)C(N=N)C1. The highest BCUT2D eigenvalue weighted by molar-refractivity contribution is 4.97. The van der Waals surface area contributed by atoms with E-state index >= 15 is 0 Å². The first kappa shape index (κ1) is 10.1. The van der Waals surface area contributed by atoms with Gasteiger partial charge in [0, 0.05) is 0 Å². The van der Waals surface area contributed by atoms with Crippen LogP contribution >= 0.6 is 0 Å². The van der Waals surface area contributed by atoms with E-state index in [1.807, 2.05) is 0 Å². The number of hydrogen-bond donors (Lipinski definition) is 1. The van der Waals surface area contributed by atoms with Crippen molar-refractivity contribution in [3.63, 3.8) is 0 Å². The second-order valence-corrected chi connectivity index (χ2v) is 4.92. The van der Waals surface area contributed by atoms with Gasteiger partial charge in [-0.1, -0.05) is 26.2 Å². The standard InChI is InChI=1S/C11H20N2O/c1-9-7-10(13-12)11(14-8-9)5-3-2-4-6-11/h9-10,12H,2-8H2,1H3. The Kier molecular flexibility index (Phi) is 2.86. The van der Waals surface area contributed by atoms with Crippen molar-refractivity contribution in [3.05, 3.63) is 0 Å². The Morgan fingerprint density at radius 3 is 2.64 bits per heavy atom. The first-order chi connectivity index (χ1) is 6.77. The molecule has 0 radical (unpaired) electrons. The third-order valence-corrected chi connectivity index (χ3v) is 3.74. The van der Waals surface area contributed by atoms with E-state index < -0.39 is 0 Å². The lowest BCUT2D eigenvalue weighted by Crippen LogP contribution is -2.50. The summed E-state index contributed by atoms with van der Waals surface area (Å²) in [5.41, 5.74) is 7.24. The topological polar surface area (TPSA) is 45.4 Å². The van der Waals surface area contributed by atoms with E-state index in [0.717, 1.165) is 25.9 Å². The van der Waals surface area contributed by atoms with Crippen LogP contribution in [0.1, 0.15) is 45.4 Å². The average molecular weight is 196 g/mol. The van der Waals surface area contributed by atoms with Crippen LogP contribution in [0.15, 0.2) is 5.11 Å². The molecular formula is C11H20N2O. The summed E-state index contributed by atoms with van der Waals surface area (Å²) in [4.78, 5) is 0. The van der Waals surface area contributed by atoms with E-state index in [9.17, 15) is 0 Å². The Morgan fingerprint density at radius 2 is 2.00 bits per heavy atom. The third kappa shape index (κ3) is 1.70. The number of nitrogens with one attached hydrogen (secondary N) is 1. The van der Waals surface area contributed by atoms with Crippen LogP contribution in [0, 0.1) is 11.4 Å². The molecule has 14 heavy (non-hydrogen) atoms. The molecule has 0 amide bonds. The molecule has 1 saturated heterocycles. The third-order valence-electron chi connectivity index (χ3n) is 3.74. The summed E-state index contributed by atoms with van der Waals surface area (Å²) in [6.45, 7) is 3.06. The molecule has 0 bridgehead atoms. The molecule has 2 unspecified atom stereocenters. The van der Waals surface area contributed by atoms with Gasteiger partial charge in [-0.3, -0.25) is 0 Å². The fourth-order valence-corrected chi connectivity index (χ4v) is 2.87. The van der Waals surface area contributed by atoms with Crippen LogP contribution in [0.2, 0.25) is 0 Å². The van der Waals surface area contributed by atoms with E-state index in [1.54, 1.807) is 0 Å². The second-order valence-electron chi connectivity index (χ2n) is 4.92. The first-order valence-corrected chi connectivity index (χ1v) is 5.77. The summed E-state index contributed by atoms with van der Waals surface area (Å²) >= 11 is 0. The number of nitrogens with zero attached hydrogens (tertiary/aromatic N) is 1. The highest BCUT2D eigenvalue weighted by Crippen LogP contribution is 2.41. The minimum absolute atomic E-state index is 0.0491. The zero-order chi connectivity index (χ0) is 10.0. The molecule has 2 aliphatic rings. The molecule has 0 aromatic carbocycles. The van der Waals surface area contributed by atoms with Gasteiger partial charge >= 0.3 is 0 Å². The van der Waals surface area contributed by atoms with Gasteiger partial charge in [-0.25, -0.2) is 5.53 Å². The van der Waals surface area contributed by atoms with Gasteiger partial charge in [0.2, 0.25) is 0 Å². The second kappa shape index (κ2) is 3.97. The Hall–Kier alpha value is -0.440. The largest absolute Gasteiger partial charge is 0.372 e. The van der Waals surface area contributed by atoms with Gasteiger partial charge in [-0.2, -0.15) is 5.11 Å². The fraction of sp³-hybridized carbons (Fsp3) is 1.00. The molecule has 2 atom stereocenters. The highest BCUT2D eigenvalue weighted by atomic mass is 16.5. The summed E-state index contributed by atoms with van der Waals surface area (Å²) in [6, 6.07) is 0.131. The molecular weight excluding hydrogens is 176 g/mol. The van der Waals surface area contributed by atoms with Crippen LogP contribution in [-0.2, 0) is 4.74 Å². The fourth-order valence-electron chi connectivity index (χ4n) is 2.87. The number of ether oxygens (including phenoxy) is 1. The van der Waals surface area contributed by atoms with Crippen LogP contribution in [0.5, 0.6) is 0 Å². The highest BCUT2D eigenvalue weighted by Gasteiger charge is 2.44. The molecule has 1 heterocycles. The molecule has 1 N–H and O–H groups in total. The van der Waals surface area contributed by atoms with Gasteiger partial charge < -0.3 is 4.74 Å². The summed E-state index contributed by atoms with van der Waals surface area (Å²) < 4.78 is 6.01. The van der Waals surface area contributed by atoms with Crippen molar-refractivity contribution in [1.82, 2.24) is 0 Å². The van der Waals surface area contributed by atoms with Crippen LogP contribution in [-0.4, -0.2) is 18.2 Å². The average Bonchev–Trinajstić information content (AvgIpc) is 2.23. The Labute approximate surface area is 85.7 Å². The molecule has 0 aromatic heterocycles. The lowest BCUT2D eigenvalue weighted by molar-refractivity contribution is -0.130. The molecule has 2 rings (SSSR count). The summed E-state index contributed by atoms with van der Waals surface area (Å²) in [5, 5.41) is 3.80. The van der Waals surface area contributed by atoms with Crippen LogP contribution in [0.25, 0.3) is 0 Å². The predicted molar refractivity (Wildman–Crippen MR) is 54.5 cm³/mol. The van der Waals surface area contributed by atoms with E-state index in [0.29, 0.717) is 5.92 Å². The van der Waals surface area contributed by atoms with Gasteiger partial charge in [0.05, 0.1) is 18.2 Å². The van der Waals surface area contributed by atoms with Crippen LogP contribution < -0.4 is 0 Å². The predicted octanol–water partition coefficient (Wildman–Crippen LogP) is 3.15. The molecule has 80 valence electrons. The Morgan fingerprint density at radius 1 is 1.29 bits per heavy atom. The quantitative estimate of drug-likeness (QED) is 0.643. The molecule has 1 spiro atoms. The molecule has 2 fully saturated rings. The minimum Gasteiger partial charge on any atom is -0.372 e. The van der Waals surface area contributed by atoms with Crippen LogP contribution in [0.3, 0.4) is 0 Å². The van der Waals surface area contributed by atoms with E-state index in [2.05, 4.69) is 12.0 Å².